The molecule has 38 heavy (non-hydrogen) atoms. The van der Waals surface area contributed by atoms with Crippen LogP contribution in [0, 0.1) is 25.5 Å². The molecule has 5 rings (SSSR count). The van der Waals surface area contributed by atoms with E-state index in [9.17, 15) is 22.0 Å². The Morgan fingerprint density at radius 3 is 2.16 bits per heavy atom. The van der Waals surface area contributed by atoms with Crippen LogP contribution in [0.4, 0.5) is 27.9 Å². The van der Waals surface area contributed by atoms with Crippen molar-refractivity contribution in [2.45, 2.75) is 20.0 Å². The first kappa shape index (κ1) is 27.8. The van der Waals surface area contributed by atoms with Crippen LogP contribution in [0.5, 0.6) is 0 Å². The van der Waals surface area contributed by atoms with Gasteiger partial charge in [0.15, 0.2) is 5.65 Å². The zero-order chi connectivity index (χ0) is 27.6. The SMILES string of the molecule is CSN1CCN(c2ncc3c(-c4cc(C(F)(F)F)c(F)c(C)c4F)nn(C)c3n2)CC1.Cc1ccccc1. The number of nitrogens with zero attached hydrogens (tertiary/aromatic N) is 6. The maximum Gasteiger partial charge on any atom is 0.419 e. The van der Waals surface area contributed by atoms with Crippen molar-refractivity contribution in [3.8, 4) is 11.3 Å². The van der Waals surface area contributed by atoms with Gasteiger partial charge in [0.25, 0.3) is 0 Å². The van der Waals surface area contributed by atoms with Crippen molar-refractivity contribution in [1.29, 1.82) is 0 Å². The molecule has 0 atom stereocenters. The minimum atomic E-state index is -4.97. The van der Waals surface area contributed by atoms with Crippen LogP contribution in [0.3, 0.4) is 0 Å². The number of aromatic nitrogens is 4. The summed E-state index contributed by atoms with van der Waals surface area (Å²) < 4.78 is 72.2. The summed E-state index contributed by atoms with van der Waals surface area (Å²) in [5.41, 5.74) is -1.09. The summed E-state index contributed by atoms with van der Waals surface area (Å²) in [5, 5.41) is 4.46. The fraction of sp³-hybridized carbons (Fsp3) is 0.346. The molecule has 1 saturated heterocycles. The maximum absolute atomic E-state index is 14.8. The van der Waals surface area contributed by atoms with Crippen molar-refractivity contribution in [2.75, 3.05) is 37.3 Å². The molecule has 202 valence electrons. The Labute approximate surface area is 221 Å². The lowest BCUT2D eigenvalue weighted by Gasteiger charge is -2.33. The molecule has 1 aliphatic heterocycles. The summed E-state index contributed by atoms with van der Waals surface area (Å²) in [6.45, 7) is 6.16. The van der Waals surface area contributed by atoms with Gasteiger partial charge in [-0.3, -0.25) is 0 Å². The van der Waals surface area contributed by atoms with Crippen LogP contribution in [-0.4, -0.2) is 56.5 Å². The molecule has 0 unspecified atom stereocenters. The lowest BCUT2D eigenvalue weighted by atomic mass is 10.0. The highest BCUT2D eigenvalue weighted by Gasteiger charge is 2.37. The molecule has 0 radical (unpaired) electrons. The summed E-state index contributed by atoms with van der Waals surface area (Å²) in [7, 11) is 1.56. The summed E-state index contributed by atoms with van der Waals surface area (Å²) in [4.78, 5) is 10.8. The van der Waals surface area contributed by atoms with E-state index >= 15 is 0 Å². The van der Waals surface area contributed by atoms with E-state index in [1.54, 1.807) is 19.0 Å². The zero-order valence-electron chi connectivity index (χ0n) is 21.4. The lowest BCUT2D eigenvalue weighted by Crippen LogP contribution is -2.44. The van der Waals surface area contributed by atoms with E-state index in [-0.39, 0.29) is 11.1 Å². The first-order chi connectivity index (χ1) is 18.0. The number of anilines is 1. The minimum absolute atomic E-state index is 0.0673. The summed E-state index contributed by atoms with van der Waals surface area (Å²) in [6.07, 6.45) is -1.54. The Hall–Kier alpha value is -3.25. The normalized spacial score (nSPS) is 14.5. The van der Waals surface area contributed by atoms with Crippen molar-refractivity contribution in [1.82, 2.24) is 24.1 Å². The molecular formula is C26H27F5N6S. The average Bonchev–Trinajstić information content (AvgIpc) is 3.23. The highest BCUT2D eigenvalue weighted by molar-refractivity contribution is 7.96. The van der Waals surface area contributed by atoms with E-state index in [1.165, 1.54) is 16.4 Å². The maximum atomic E-state index is 14.8. The van der Waals surface area contributed by atoms with Crippen LogP contribution in [-0.2, 0) is 13.2 Å². The van der Waals surface area contributed by atoms with E-state index in [2.05, 4.69) is 38.4 Å². The van der Waals surface area contributed by atoms with Crippen LogP contribution in [0.2, 0.25) is 0 Å². The van der Waals surface area contributed by atoms with E-state index < -0.39 is 34.5 Å². The summed E-state index contributed by atoms with van der Waals surface area (Å²) >= 11 is 1.66. The van der Waals surface area contributed by atoms with Gasteiger partial charge in [-0.2, -0.15) is 23.3 Å². The number of aryl methyl sites for hydroxylation is 2. The second kappa shape index (κ2) is 11.2. The van der Waals surface area contributed by atoms with Crippen LogP contribution in [0.25, 0.3) is 22.3 Å². The molecular weight excluding hydrogens is 523 g/mol. The van der Waals surface area contributed by atoms with E-state index in [1.807, 2.05) is 29.4 Å². The number of hydrogen-bond donors (Lipinski definition) is 0. The van der Waals surface area contributed by atoms with Gasteiger partial charge in [-0.05, 0) is 26.2 Å². The largest absolute Gasteiger partial charge is 0.419 e. The monoisotopic (exact) mass is 550 g/mol. The molecule has 1 aliphatic rings. The second-order valence-electron chi connectivity index (χ2n) is 8.86. The van der Waals surface area contributed by atoms with E-state index in [0.29, 0.717) is 17.7 Å². The van der Waals surface area contributed by atoms with Crippen LogP contribution >= 0.6 is 11.9 Å². The molecule has 1 fully saturated rings. The number of hydrogen-bond acceptors (Lipinski definition) is 6. The molecule has 0 aliphatic carbocycles. The number of alkyl halides is 3. The van der Waals surface area contributed by atoms with E-state index in [0.717, 1.165) is 33.1 Å². The van der Waals surface area contributed by atoms with Gasteiger partial charge in [0.2, 0.25) is 5.95 Å². The van der Waals surface area contributed by atoms with Crippen molar-refractivity contribution in [3.05, 3.63) is 70.9 Å². The Morgan fingerprint density at radius 1 is 0.947 bits per heavy atom. The predicted octanol–water partition coefficient (Wildman–Crippen LogP) is 6.03. The van der Waals surface area contributed by atoms with Gasteiger partial charge in [-0.1, -0.05) is 47.8 Å². The van der Waals surface area contributed by atoms with Gasteiger partial charge in [0.1, 0.15) is 17.3 Å². The summed E-state index contributed by atoms with van der Waals surface area (Å²) in [6, 6.07) is 10.7. The van der Waals surface area contributed by atoms with Gasteiger partial charge >= 0.3 is 6.18 Å². The third-order valence-corrected chi connectivity index (χ3v) is 7.15. The third-order valence-electron chi connectivity index (χ3n) is 6.27. The molecule has 0 N–H and O–H groups in total. The molecule has 0 bridgehead atoms. The highest BCUT2D eigenvalue weighted by atomic mass is 32.2. The number of rotatable bonds is 3. The molecule has 2 aromatic heterocycles. The Kier molecular flexibility index (Phi) is 8.22. The van der Waals surface area contributed by atoms with Crippen LogP contribution in [0.1, 0.15) is 16.7 Å². The molecule has 12 heteroatoms. The topological polar surface area (TPSA) is 50.1 Å². The Bertz CT molecular complexity index is 1420. The van der Waals surface area contributed by atoms with Crippen molar-refractivity contribution in [3.63, 3.8) is 0 Å². The first-order valence-corrected chi connectivity index (χ1v) is 13.0. The molecule has 2 aromatic carbocycles. The van der Waals surface area contributed by atoms with Gasteiger partial charge in [0, 0.05) is 50.6 Å². The zero-order valence-corrected chi connectivity index (χ0v) is 22.2. The third kappa shape index (κ3) is 5.75. The quantitative estimate of drug-likeness (QED) is 0.229. The van der Waals surface area contributed by atoms with Crippen LogP contribution < -0.4 is 4.90 Å². The number of fused-ring (bicyclic) bond motifs is 1. The van der Waals surface area contributed by atoms with Gasteiger partial charge in [-0.15, -0.1) is 0 Å². The summed E-state index contributed by atoms with van der Waals surface area (Å²) in [5.74, 6) is -2.26. The second-order valence-corrected chi connectivity index (χ2v) is 9.74. The van der Waals surface area contributed by atoms with E-state index in [4.69, 9.17) is 0 Å². The Morgan fingerprint density at radius 2 is 1.61 bits per heavy atom. The minimum Gasteiger partial charge on any atom is -0.338 e. The van der Waals surface area contributed by atoms with Crippen molar-refractivity contribution >= 4 is 28.9 Å². The fourth-order valence-electron chi connectivity index (χ4n) is 4.14. The highest BCUT2D eigenvalue weighted by Crippen LogP contribution is 2.39. The lowest BCUT2D eigenvalue weighted by molar-refractivity contribution is -0.140. The number of benzene rings is 2. The van der Waals surface area contributed by atoms with Gasteiger partial charge in [-0.25, -0.2) is 22.8 Å². The van der Waals surface area contributed by atoms with Crippen LogP contribution in [0.15, 0.2) is 42.6 Å². The molecule has 0 amide bonds. The molecule has 4 aromatic rings. The van der Waals surface area contributed by atoms with Gasteiger partial charge in [0.05, 0.1) is 10.9 Å². The number of piperazine rings is 1. The van der Waals surface area contributed by atoms with Crippen molar-refractivity contribution in [2.24, 2.45) is 7.05 Å². The molecule has 3 heterocycles. The smallest absolute Gasteiger partial charge is 0.338 e. The molecule has 0 spiro atoms. The fourth-order valence-corrected chi connectivity index (χ4v) is 4.66. The average molecular weight is 551 g/mol. The number of halogens is 5. The predicted molar refractivity (Wildman–Crippen MR) is 140 cm³/mol. The molecule has 6 nitrogen and oxygen atoms in total. The Balaban J connectivity index is 0.000000417. The standard InChI is InChI=1S/C19H19F5N6S.C7H8/c1-10-14(20)11(8-13(15(10)21)19(22,23)24)16-12-9-25-18(26-17(12)28(2)27-16)29-4-6-30(31-3)7-5-29;1-7-5-3-2-4-6-7/h8-9H,4-7H2,1-3H3;2-6H,1H3. The van der Waals surface area contributed by atoms with Gasteiger partial charge < -0.3 is 4.90 Å². The van der Waals surface area contributed by atoms with Crippen molar-refractivity contribution < 1.29 is 22.0 Å². The first-order valence-electron chi connectivity index (χ1n) is 11.8. The molecule has 0 saturated carbocycles.